The van der Waals surface area contributed by atoms with E-state index in [1.54, 1.807) is 0 Å². The number of hydrogen-bond donors (Lipinski definition) is 1. The molecule has 0 radical (unpaired) electrons. The summed E-state index contributed by atoms with van der Waals surface area (Å²) in [7, 11) is 0. The Bertz CT molecular complexity index is 312. The third-order valence-electron chi connectivity index (χ3n) is 6.18. The van der Waals surface area contributed by atoms with Gasteiger partial charge >= 0.3 is 0 Å². The molecule has 0 spiro atoms. The molecule has 0 aromatic carbocycles. The van der Waals surface area contributed by atoms with Crippen LogP contribution in [0.5, 0.6) is 0 Å². The first-order valence-corrected chi connectivity index (χ1v) is 8.65. The van der Waals surface area contributed by atoms with Gasteiger partial charge in [-0.25, -0.2) is 0 Å². The fraction of sp³-hybridized carbons (Fsp3) is 1.00. The van der Waals surface area contributed by atoms with E-state index in [1.807, 2.05) is 0 Å². The fourth-order valence-electron chi connectivity index (χ4n) is 4.63. The Kier molecular flexibility index (Phi) is 3.92. The van der Waals surface area contributed by atoms with Gasteiger partial charge in [0.05, 0.1) is 0 Å². The quantitative estimate of drug-likeness (QED) is 0.840. The van der Waals surface area contributed by atoms with Gasteiger partial charge in [0.25, 0.3) is 0 Å². The maximum absolute atomic E-state index is 3.87. The molecule has 4 atom stereocenters. The molecule has 1 aliphatic heterocycles. The minimum Gasteiger partial charge on any atom is -0.308 e. The molecular weight excluding hydrogens is 232 g/mol. The molecule has 3 aliphatic rings. The van der Waals surface area contributed by atoms with E-state index < -0.39 is 0 Å². The van der Waals surface area contributed by atoms with Crippen LogP contribution in [0.3, 0.4) is 0 Å². The average molecular weight is 264 g/mol. The highest BCUT2D eigenvalue weighted by atomic mass is 15.3. The molecule has 2 saturated carbocycles. The highest BCUT2D eigenvalue weighted by molar-refractivity contribution is 5.05. The van der Waals surface area contributed by atoms with Crippen molar-refractivity contribution in [1.29, 1.82) is 0 Å². The second-order valence-electron chi connectivity index (χ2n) is 7.61. The van der Waals surface area contributed by atoms with Crippen LogP contribution in [0, 0.1) is 11.8 Å². The third-order valence-corrected chi connectivity index (χ3v) is 6.18. The number of nitrogens with one attached hydrogen (secondary N) is 1. The van der Waals surface area contributed by atoms with Gasteiger partial charge in [-0.1, -0.05) is 26.2 Å². The molecule has 0 aromatic rings. The van der Waals surface area contributed by atoms with Crippen LogP contribution in [0.1, 0.15) is 65.7 Å². The van der Waals surface area contributed by atoms with Crippen LogP contribution in [0.4, 0.5) is 0 Å². The van der Waals surface area contributed by atoms with E-state index in [2.05, 4.69) is 31.0 Å². The third kappa shape index (κ3) is 2.71. The summed E-state index contributed by atoms with van der Waals surface area (Å²) < 4.78 is 0. The van der Waals surface area contributed by atoms with Crippen molar-refractivity contribution in [3.63, 3.8) is 0 Å². The summed E-state index contributed by atoms with van der Waals surface area (Å²) in [4.78, 5) is 2.89. The molecule has 2 nitrogen and oxygen atoms in total. The molecule has 1 N–H and O–H groups in total. The maximum Gasteiger partial charge on any atom is 0.0309 e. The molecular formula is C17H32N2. The molecule has 19 heavy (non-hydrogen) atoms. The summed E-state index contributed by atoms with van der Waals surface area (Å²) in [5.74, 6) is 1.91. The summed E-state index contributed by atoms with van der Waals surface area (Å²) in [6.45, 7) is 9.80. The van der Waals surface area contributed by atoms with Crippen LogP contribution in [-0.4, -0.2) is 35.6 Å². The van der Waals surface area contributed by atoms with Crippen molar-refractivity contribution < 1.29 is 0 Å². The zero-order chi connectivity index (χ0) is 13.5. The Morgan fingerprint density at radius 3 is 2.58 bits per heavy atom. The Hall–Kier alpha value is -0.0800. The van der Waals surface area contributed by atoms with Crippen LogP contribution >= 0.6 is 0 Å². The molecule has 1 saturated heterocycles. The van der Waals surface area contributed by atoms with Crippen molar-refractivity contribution in [3.05, 3.63) is 0 Å². The molecule has 3 rings (SSSR count). The topological polar surface area (TPSA) is 15.3 Å². The van der Waals surface area contributed by atoms with Gasteiger partial charge in [0.15, 0.2) is 0 Å². The maximum atomic E-state index is 3.87. The minimum absolute atomic E-state index is 0.405. The Morgan fingerprint density at radius 2 is 1.89 bits per heavy atom. The number of hydrogen-bond acceptors (Lipinski definition) is 2. The van der Waals surface area contributed by atoms with Gasteiger partial charge in [0.1, 0.15) is 0 Å². The molecule has 0 aromatic heterocycles. The van der Waals surface area contributed by atoms with Crippen LogP contribution in [0.15, 0.2) is 0 Å². The monoisotopic (exact) mass is 264 g/mol. The van der Waals surface area contributed by atoms with Crippen molar-refractivity contribution in [3.8, 4) is 0 Å². The first kappa shape index (κ1) is 13.9. The Labute approximate surface area is 119 Å². The number of nitrogens with zero attached hydrogens (tertiary/aromatic N) is 1. The Morgan fingerprint density at radius 1 is 1.16 bits per heavy atom. The minimum atomic E-state index is 0.405. The highest BCUT2D eigenvalue weighted by Crippen LogP contribution is 2.43. The van der Waals surface area contributed by atoms with Gasteiger partial charge in [-0.2, -0.15) is 0 Å². The summed E-state index contributed by atoms with van der Waals surface area (Å²) in [6, 6.07) is 1.60. The highest BCUT2D eigenvalue weighted by Gasteiger charge is 2.47. The lowest BCUT2D eigenvalue weighted by Crippen LogP contribution is -2.66. The van der Waals surface area contributed by atoms with Crippen LogP contribution < -0.4 is 5.32 Å². The first-order valence-electron chi connectivity index (χ1n) is 8.65. The standard InChI is InChI=1S/C17H32N2/c1-4-14-7-5-6-8-16(14)19-12-17(3,15-9-10-15)18-11-13(19)2/h13-16,18H,4-12H2,1-3H3. The molecule has 4 unspecified atom stereocenters. The predicted molar refractivity (Wildman–Crippen MR) is 81.3 cm³/mol. The zero-order valence-corrected chi connectivity index (χ0v) is 13.1. The van der Waals surface area contributed by atoms with Gasteiger partial charge in [0, 0.05) is 30.7 Å². The smallest absolute Gasteiger partial charge is 0.0309 e. The van der Waals surface area contributed by atoms with E-state index in [9.17, 15) is 0 Å². The molecule has 1 heterocycles. The SMILES string of the molecule is CCC1CCCCC1N1CC(C)(C2CC2)NCC1C. The zero-order valence-electron chi connectivity index (χ0n) is 13.1. The van der Waals surface area contributed by atoms with Crippen LogP contribution in [-0.2, 0) is 0 Å². The summed E-state index contributed by atoms with van der Waals surface area (Å²) in [6.07, 6.45) is 10.1. The van der Waals surface area contributed by atoms with Crippen molar-refractivity contribution in [2.24, 2.45) is 11.8 Å². The van der Waals surface area contributed by atoms with Gasteiger partial charge in [-0.05, 0) is 51.4 Å². The lowest BCUT2D eigenvalue weighted by atomic mass is 9.79. The fourth-order valence-corrected chi connectivity index (χ4v) is 4.63. The molecule has 2 heteroatoms. The van der Waals surface area contributed by atoms with Crippen molar-refractivity contribution in [1.82, 2.24) is 10.2 Å². The predicted octanol–water partition coefficient (Wildman–Crippen LogP) is 3.42. The van der Waals surface area contributed by atoms with E-state index in [4.69, 9.17) is 0 Å². The van der Waals surface area contributed by atoms with E-state index in [0.717, 1.165) is 23.9 Å². The second-order valence-corrected chi connectivity index (χ2v) is 7.61. The van der Waals surface area contributed by atoms with Gasteiger partial charge < -0.3 is 5.32 Å². The molecule has 0 bridgehead atoms. The largest absolute Gasteiger partial charge is 0.308 e. The number of piperazine rings is 1. The summed E-state index contributed by atoms with van der Waals surface area (Å²) in [5, 5.41) is 3.87. The van der Waals surface area contributed by atoms with Crippen molar-refractivity contribution >= 4 is 0 Å². The van der Waals surface area contributed by atoms with Gasteiger partial charge in [-0.3, -0.25) is 4.90 Å². The van der Waals surface area contributed by atoms with Crippen LogP contribution in [0.2, 0.25) is 0 Å². The van der Waals surface area contributed by atoms with Gasteiger partial charge in [0.2, 0.25) is 0 Å². The summed E-state index contributed by atoms with van der Waals surface area (Å²) in [5.41, 5.74) is 0.405. The van der Waals surface area contributed by atoms with Crippen LogP contribution in [0.25, 0.3) is 0 Å². The van der Waals surface area contributed by atoms with Crippen molar-refractivity contribution in [2.75, 3.05) is 13.1 Å². The number of rotatable bonds is 3. The average Bonchev–Trinajstić information content (AvgIpc) is 3.27. The summed E-state index contributed by atoms with van der Waals surface area (Å²) >= 11 is 0. The molecule has 110 valence electrons. The first-order chi connectivity index (χ1) is 9.14. The molecule has 0 amide bonds. The van der Waals surface area contributed by atoms with E-state index in [1.165, 1.54) is 58.0 Å². The second kappa shape index (κ2) is 5.37. The molecule has 3 fully saturated rings. The van der Waals surface area contributed by atoms with Crippen molar-refractivity contribution in [2.45, 2.75) is 83.3 Å². The van der Waals surface area contributed by atoms with E-state index in [0.29, 0.717) is 5.54 Å². The lowest BCUT2D eigenvalue weighted by Gasteiger charge is -2.51. The van der Waals surface area contributed by atoms with E-state index in [-0.39, 0.29) is 0 Å². The Balaban J connectivity index is 1.73. The van der Waals surface area contributed by atoms with E-state index >= 15 is 0 Å². The lowest BCUT2D eigenvalue weighted by molar-refractivity contribution is 0.00626. The molecule has 2 aliphatic carbocycles. The van der Waals surface area contributed by atoms with Gasteiger partial charge in [-0.15, -0.1) is 0 Å². The normalized spacial score (nSPS) is 45.3.